The van der Waals surface area contributed by atoms with Gasteiger partial charge in [-0.05, 0) is 73.0 Å². The van der Waals surface area contributed by atoms with Crippen molar-refractivity contribution in [1.29, 1.82) is 0 Å². The molecule has 0 saturated carbocycles. The van der Waals surface area contributed by atoms with E-state index in [-0.39, 0.29) is 6.04 Å². The lowest BCUT2D eigenvalue weighted by molar-refractivity contribution is 0.306. The Kier molecular flexibility index (Phi) is 6.33. The van der Waals surface area contributed by atoms with Gasteiger partial charge in [-0.1, -0.05) is 60.1 Å². The van der Waals surface area contributed by atoms with Crippen LogP contribution in [-0.4, -0.2) is 24.6 Å². The van der Waals surface area contributed by atoms with E-state index in [1.54, 1.807) is 0 Å². The van der Waals surface area contributed by atoms with Crippen molar-refractivity contribution in [2.24, 2.45) is 15.9 Å². The Bertz CT molecular complexity index is 1140. The van der Waals surface area contributed by atoms with E-state index in [0.29, 0.717) is 12.5 Å². The van der Waals surface area contributed by atoms with Crippen LogP contribution in [0.15, 0.2) is 88.8 Å². The van der Waals surface area contributed by atoms with Gasteiger partial charge in [0.2, 0.25) is 0 Å². The van der Waals surface area contributed by atoms with Gasteiger partial charge >= 0.3 is 0 Å². The van der Waals surface area contributed by atoms with Crippen molar-refractivity contribution in [2.75, 3.05) is 13.1 Å². The first-order valence-electron chi connectivity index (χ1n) is 11.2. The molecule has 1 saturated heterocycles. The number of aliphatic imine (C=N–C) groups is 2. The highest BCUT2D eigenvalue weighted by atomic mass is 35.5. The average molecular weight is 444 g/mol. The van der Waals surface area contributed by atoms with E-state index in [9.17, 15) is 0 Å². The lowest BCUT2D eigenvalue weighted by Gasteiger charge is -2.21. The summed E-state index contributed by atoms with van der Waals surface area (Å²) < 4.78 is 5.96. The zero-order valence-electron chi connectivity index (χ0n) is 17.9. The summed E-state index contributed by atoms with van der Waals surface area (Å²) in [6.45, 7) is 2.54. The van der Waals surface area contributed by atoms with Gasteiger partial charge in [0.15, 0.2) is 0 Å². The van der Waals surface area contributed by atoms with Crippen LogP contribution in [0.1, 0.15) is 35.6 Å². The molecule has 0 aromatic heterocycles. The first kappa shape index (κ1) is 20.9. The summed E-state index contributed by atoms with van der Waals surface area (Å²) in [6.07, 6.45) is 2.14. The molecule has 32 heavy (non-hydrogen) atoms. The standard InChI is InChI=1S/C27H26ClN3O/c28-23-9-5-8-22(17-23)26-25(30-27(31-26)20-12-14-29-15-13-20)21-7-4-6-19(16-21)18-32-24-10-2-1-3-11-24/h1-11,16-17,20,26,29H,12-15,18H2. The lowest BCUT2D eigenvalue weighted by Crippen LogP contribution is -2.31. The second-order valence-electron chi connectivity index (χ2n) is 8.27. The molecule has 2 aliphatic rings. The topological polar surface area (TPSA) is 46.0 Å². The molecular weight excluding hydrogens is 418 g/mol. The van der Waals surface area contributed by atoms with Crippen LogP contribution in [0.5, 0.6) is 5.75 Å². The van der Waals surface area contributed by atoms with Gasteiger partial charge < -0.3 is 10.1 Å². The zero-order valence-corrected chi connectivity index (χ0v) is 18.6. The Morgan fingerprint density at radius 1 is 0.906 bits per heavy atom. The predicted octanol–water partition coefficient (Wildman–Crippen LogP) is 5.86. The van der Waals surface area contributed by atoms with Crippen LogP contribution < -0.4 is 10.1 Å². The fourth-order valence-electron chi connectivity index (χ4n) is 4.32. The second kappa shape index (κ2) is 9.68. The first-order chi connectivity index (χ1) is 15.8. The molecule has 0 spiro atoms. The fourth-order valence-corrected chi connectivity index (χ4v) is 4.52. The number of benzene rings is 3. The molecule has 162 valence electrons. The first-order valence-corrected chi connectivity index (χ1v) is 11.5. The van der Waals surface area contributed by atoms with E-state index in [1.807, 2.05) is 48.5 Å². The highest BCUT2D eigenvalue weighted by Crippen LogP contribution is 2.33. The van der Waals surface area contributed by atoms with E-state index < -0.39 is 0 Å². The van der Waals surface area contributed by atoms with Crippen molar-refractivity contribution in [1.82, 2.24) is 5.32 Å². The molecule has 5 rings (SSSR count). The molecule has 2 aliphatic heterocycles. The van der Waals surface area contributed by atoms with Crippen LogP contribution >= 0.6 is 11.6 Å². The minimum Gasteiger partial charge on any atom is -0.489 e. The van der Waals surface area contributed by atoms with Crippen molar-refractivity contribution in [3.05, 3.63) is 101 Å². The lowest BCUT2D eigenvalue weighted by atomic mass is 9.96. The molecule has 3 aromatic carbocycles. The van der Waals surface area contributed by atoms with E-state index in [4.69, 9.17) is 26.3 Å². The molecule has 0 aliphatic carbocycles. The highest BCUT2D eigenvalue weighted by molar-refractivity contribution is 6.30. The predicted molar refractivity (Wildman–Crippen MR) is 131 cm³/mol. The van der Waals surface area contributed by atoms with Gasteiger partial charge in [0, 0.05) is 10.9 Å². The maximum Gasteiger partial charge on any atom is 0.127 e. The monoisotopic (exact) mass is 443 g/mol. The summed E-state index contributed by atoms with van der Waals surface area (Å²) in [5.41, 5.74) is 4.25. The largest absolute Gasteiger partial charge is 0.489 e. The van der Waals surface area contributed by atoms with Crippen LogP contribution in [0, 0.1) is 5.92 Å². The molecular formula is C27H26ClN3O. The number of ether oxygens (including phenoxy) is 1. The maximum atomic E-state index is 6.31. The van der Waals surface area contributed by atoms with Crippen LogP contribution in [-0.2, 0) is 6.61 Å². The van der Waals surface area contributed by atoms with Crippen LogP contribution in [0.25, 0.3) is 0 Å². The van der Waals surface area contributed by atoms with Crippen molar-refractivity contribution in [2.45, 2.75) is 25.5 Å². The summed E-state index contributed by atoms with van der Waals surface area (Å²) in [4.78, 5) is 10.2. The Morgan fingerprint density at radius 2 is 1.72 bits per heavy atom. The highest BCUT2D eigenvalue weighted by Gasteiger charge is 2.30. The van der Waals surface area contributed by atoms with E-state index in [0.717, 1.165) is 64.9 Å². The van der Waals surface area contributed by atoms with Crippen LogP contribution in [0.3, 0.4) is 0 Å². The SMILES string of the molecule is Clc1cccc(C2N=C(C3CCNCC3)N=C2c2cccc(COc3ccccc3)c2)c1. The smallest absolute Gasteiger partial charge is 0.127 e. The van der Waals surface area contributed by atoms with Gasteiger partial charge in [0.25, 0.3) is 0 Å². The molecule has 1 atom stereocenters. The normalized spacial score (nSPS) is 18.8. The number of amidine groups is 1. The van der Waals surface area contributed by atoms with Gasteiger partial charge in [0.05, 0.1) is 5.71 Å². The van der Waals surface area contributed by atoms with E-state index >= 15 is 0 Å². The Balaban J connectivity index is 1.44. The molecule has 0 radical (unpaired) electrons. The number of nitrogens with one attached hydrogen (secondary N) is 1. The van der Waals surface area contributed by atoms with E-state index in [2.05, 4.69) is 35.6 Å². The van der Waals surface area contributed by atoms with Crippen molar-refractivity contribution in [3.8, 4) is 5.75 Å². The molecule has 3 aromatic rings. The molecule has 1 unspecified atom stereocenters. The minimum atomic E-state index is -0.135. The fraction of sp³-hybridized carbons (Fsp3) is 0.259. The van der Waals surface area contributed by atoms with Gasteiger partial charge in [0.1, 0.15) is 24.2 Å². The number of halogens is 1. The van der Waals surface area contributed by atoms with Gasteiger partial charge in [-0.2, -0.15) is 0 Å². The molecule has 1 fully saturated rings. The zero-order chi connectivity index (χ0) is 21.8. The van der Waals surface area contributed by atoms with Crippen molar-refractivity contribution in [3.63, 3.8) is 0 Å². The molecule has 5 heteroatoms. The average Bonchev–Trinajstić information content (AvgIpc) is 3.30. The van der Waals surface area contributed by atoms with Gasteiger partial charge in [-0.3, -0.25) is 4.99 Å². The summed E-state index contributed by atoms with van der Waals surface area (Å²) in [6, 6.07) is 26.2. The molecule has 0 bridgehead atoms. The van der Waals surface area contributed by atoms with Gasteiger partial charge in [-0.25, -0.2) is 4.99 Å². The van der Waals surface area contributed by atoms with Crippen LogP contribution in [0.2, 0.25) is 5.02 Å². The minimum absolute atomic E-state index is 0.135. The molecule has 4 nitrogen and oxygen atoms in total. The Hall–Kier alpha value is -2.95. The Morgan fingerprint density at radius 3 is 2.53 bits per heavy atom. The number of rotatable bonds is 6. The Labute approximate surface area is 194 Å². The number of para-hydroxylation sites is 1. The summed E-state index contributed by atoms with van der Waals surface area (Å²) in [7, 11) is 0. The van der Waals surface area contributed by atoms with Gasteiger partial charge in [-0.15, -0.1) is 0 Å². The number of hydrogen-bond donors (Lipinski definition) is 1. The summed E-state index contributed by atoms with van der Waals surface area (Å²) in [5, 5.41) is 4.15. The quantitative estimate of drug-likeness (QED) is 0.518. The van der Waals surface area contributed by atoms with E-state index in [1.165, 1.54) is 0 Å². The second-order valence-corrected chi connectivity index (χ2v) is 8.70. The molecule has 2 heterocycles. The summed E-state index contributed by atoms with van der Waals surface area (Å²) in [5.74, 6) is 2.24. The maximum absolute atomic E-state index is 6.31. The third-order valence-corrected chi connectivity index (χ3v) is 6.23. The number of nitrogens with zero attached hydrogens (tertiary/aromatic N) is 2. The van der Waals surface area contributed by atoms with Crippen molar-refractivity contribution < 1.29 is 4.74 Å². The molecule has 1 N–H and O–H groups in total. The summed E-state index contributed by atoms with van der Waals surface area (Å²) >= 11 is 6.31. The van der Waals surface area contributed by atoms with Crippen molar-refractivity contribution >= 4 is 23.1 Å². The number of hydrogen-bond acceptors (Lipinski definition) is 4. The molecule has 0 amide bonds. The third kappa shape index (κ3) is 4.77. The third-order valence-electron chi connectivity index (χ3n) is 6.00. The van der Waals surface area contributed by atoms with Crippen LogP contribution in [0.4, 0.5) is 0 Å². The number of piperidine rings is 1.